The number of hydrogen-bond donors (Lipinski definition) is 0. The van der Waals surface area contributed by atoms with Crippen LogP contribution in [0.5, 0.6) is 5.75 Å². The third kappa shape index (κ3) is 3.21. The number of aromatic nitrogens is 4. The molecule has 0 atom stereocenters. The number of aryl methyl sites for hydroxylation is 2. The van der Waals surface area contributed by atoms with Crippen LogP contribution in [-0.4, -0.2) is 28.6 Å². The first-order valence-electron chi connectivity index (χ1n) is 6.81. The Hall–Kier alpha value is -2.74. The molecule has 3 aromatic rings. The van der Waals surface area contributed by atoms with Crippen LogP contribution in [0.1, 0.15) is 11.1 Å². The van der Waals surface area contributed by atoms with Crippen LogP contribution < -0.4 is 4.18 Å². The van der Waals surface area contributed by atoms with Crippen molar-refractivity contribution in [3.8, 4) is 11.4 Å². The van der Waals surface area contributed by atoms with Gasteiger partial charge in [-0.15, -0.1) is 5.10 Å². The lowest BCUT2D eigenvalue weighted by Crippen LogP contribution is -2.10. The van der Waals surface area contributed by atoms with Crippen LogP contribution in [0, 0.1) is 13.8 Å². The predicted molar refractivity (Wildman–Crippen MR) is 82.9 cm³/mol. The lowest BCUT2D eigenvalue weighted by Gasteiger charge is -2.09. The van der Waals surface area contributed by atoms with E-state index >= 15 is 0 Å². The average Bonchev–Trinajstić information content (AvgIpc) is 3.04. The van der Waals surface area contributed by atoms with Gasteiger partial charge in [0, 0.05) is 6.07 Å². The second-order valence-electron chi connectivity index (χ2n) is 5.04. The summed E-state index contributed by atoms with van der Waals surface area (Å²) in [7, 11) is -3.90. The molecule has 0 N–H and O–H groups in total. The third-order valence-corrected chi connectivity index (χ3v) is 4.65. The van der Waals surface area contributed by atoms with Gasteiger partial charge in [0.15, 0.2) is 0 Å². The second kappa shape index (κ2) is 5.81. The maximum atomic E-state index is 12.4. The first-order chi connectivity index (χ1) is 11.0. The van der Waals surface area contributed by atoms with Crippen LogP contribution in [-0.2, 0) is 10.1 Å². The molecule has 0 fully saturated rings. The summed E-state index contributed by atoms with van der Waals surface area (Å²) < 4.78 is 31.4. The Morgan fingerprint density at radius 3 is 2.57 bits per heavy atom. The van der Waals surface area contributed by atoms with Crippen molar-refractivity contribution in [1.29, 1.82) is 0 Å². The van der Waals surface area contributed by atoms with E-state index in [2.05, 4.69) is 15.5 Å². The van der Waals surface area contributed by atoms with Crippen molar-refractivity contribution >= 4 is 10.1 Å². The summed E-state index contributed by atoms with van der Waals surface area (Å²) >= 11 is 0. The number of rotatable bonds is 4. The fraction of sp³-hybridized carbons (Fsp3) is 0.133. The fourth-order valence-electron chi connectivity index (χ4n) is 2.00. The monoisotopic (exact) mass is 330 g/mol. The topological polar surface area (TPSA) is 87.0 Å². The van der Waals surface area contributed by atoms with Gasteiger partial charge in [-0.1, -0.05) is 12.1 Å². The van der Waals surface area contributed by atoms with Crippen molar-refractivity contribution in [3.63, 3.8) is 0 Å². The van der Waals surface area contributed by atoms with Crippen LogP contribution in [0.4, 0.5) is 0 Å². The zero-order valence-corrected chi connectivity index (χ0v) is 13.4. The second-order valence-corrected chi connectivity index (χ2v) is 6.58. The molecule has 0 bridgehead atoms. The number of tetrazole rings is 1. The van der Waals surface area contributed by atoms with E-state index in [9.17, 15) is 8.42 Å². The minimum absolute atomic E-state index is 0.119. The van der Waals surface area contributed by atoms with E-state index < -0.39 is 10.1 Å². The van der Waals surface area contributed by atoms with E-state index in [1.54, 1.807) is 36.4 Å². The highest BCUT2D eigenvalue weighted by atomic mass is 32.2. The molecule has 0 saturated heterocycles. The quantitative estimate of drug-likeness (QED) is 0.680. The molecule has 0 saturated carbocycles. The number of nitrogens with zero attached hydrogens (tertiary/aromatic N) is 4. The van der Waals surface area contributed by atoms with E-state index in [4.69, 9.17) is 4.18 Å². The summed E-state index contributed by atoms with van der Waals surface area (Å²) in [4.78, 5) is 0.119. The zero-order valence-electron chi connectivity index (χ0n) is 12.5. The van der Waals surface area contributed by atoms with Crippen LogP contribution in [0.15, 0.2) is 53.7 Å². The molecule has 1 heterocycles. The van der Waals surface area contributed by atoms with Crippen LogP contribution in [0.3, 0.4) is 0 Å². The SMILES string of the molecule is Cc1ccc(S(=O)(=O)Oc2cccc(-n3cnnn3)c2)cc1C. The molecular weight excluding hydrogens is 316 g/mol. The summed E-state index contributed by atoms with van der Waals surface area (Å²) in [6.45, 7) is 3.77. The lowest BCUT2D eigenvalue weighted by atomic mass is 10.1. The van der Waals surface area contributed by atoms with E-state index in [1.165, 1.54) is 17.1 Å². The minimum Gasteiger partial charge on any atom is -0.379 e. The van der Waals surface area contributed by atoms with Crippen molar-refractivity contribution in [2.45, 2.75) is 18.7 Å². The molecular formula is C15H14N4O3S. The Bertz CT molecular complexity index is 937. The van der Waals surface area contributed by atoms with Gasteiger partial charge in [0.05, 0.1) is 5.69 Å². The molecule has 118 valence electrons. The van der Waals surface area contributed by atoms with Gasteiger partial charge < -0.3 is 4.18 Å². The molecule has 0 aliphatic carbocycles. The number of benzene rings is 2. The van der Waals surface area contributed by atoms with Crippen LogP contribution >= 0.6 is 0 Å². The van der Waals surface area contributed by atoms with Crippen LogP contribution in [0.25, 0.3) is 5.69 Å². The standard InChI is InChI=1S/C15H14N4O3S/c1-11-6-7-15(8-12(11)2)23(20,21)22-14-5-3-4-13(9-14)19-10-16-17-18-19/h3-10H,1-2H3. The van der Waals surface area contributed by atoms with Crippen molar-refractivity contribution in [2.75, 3.05) is 0 Å². The minimum atomic E-state index is -3.90. The molecule has 7 nitrogen and oxygen atoms in total. The summed E-state index contributed by atoms with van der Waals surface area (Å²) in [5, 5.41) is 10.8. The van der Waals surface area contributed by atoms with Crippen LogP contribution in [0.2, 0.25) is 0 Å². The van der Waals surface area contributed by atoms with Crippen molar-refractivity contribution in [3.05, 3.63) is 59.9 Å². The van der Waals surface area contributed by atoms with Gasteiger partial charge in [-0.25, -0.2) is 4.68 Å². The Morgan fingerprint density at radius 2 is 1.87 bits per heavy atom. The molecule has 8 heteroatoms. The van der Waals surface area contributed by atoms with E-state index in [1.807, 2.05) is 13.8 Å². The Morgan fingerprint density at radius 1 is 1.04 bits per heavy atom. The maximum Gasteiger partial charge on any atom is 0.339 e. The highest BCUT2D eigenvalue weighted by molar-refractivity contribution is 7.87. The molecule has 0 aliphatic rings. The van der Waals surface area contributed by atoms with Crippen molar-refractivity contribution in [2.24, 2.45) is 0 Å². The maximum absolute atomic E-state index is 12.4. The van der Waals surface area contributed by atoms with Gasteiger partial charge in [0.25, 0.3) is 0 Å². The van der Waals surface area contributed by atoms with Gasteiger partial charge >= 0.3 is 10.1 Å². The fourth-order valence-corrected chi connectivity index (χ4v) is 3.01. The van der Waals surface area contributed by atoms with E-state index in [0.29, 0.717) is 5.69 Å². The highest BCUT2D eigenvalue weighted by Gasteiger charge is 2.17. The smallest absolute Gasteiger partial charge is 0.339 e. The largest absolute Gasteiger partial charge is 0.379 e. The molecule has 3 rings (SSSR count). The first-order valence-corrected chi connectivity index (χ1v) is 8.22. The van der Waals surface area contributed by atoms with Gasteiger partial charge in [-0.3, -0.25) is 0 Å². The Labute approximate surface area is 133 Å². The van der Waals surface area contributed by atoms with E-state index in [-0.39, 0.29) is 10.6 Å². The molecule has 2 aromatic carbocycles. The highest BCUT2D eigenvalue weighted by Crippen LogP contribution is 2.22. The van der Waals surface area contributed by atoms with Gasteiger partial charge in [0.2, 0.25) is 0 Å². The van der Waals surface area contributed by atoms with Gasteiger partial charge in [-0.05, 0) is 59.7 Å². The lowest BCUT2D eigenvalue weighted by molar-refractivity contribution is 0.485. The Kier molecular flexibility index (Phi) is 3.83. The summed E-state index contributed by atoms with van der Waals surface area (Å²) in [5.41, 5.74) is 2.50. The first kappa shape index (κ1) is 15.2. The molecule has 1 aromatic heterocycles. The molecule has 0 amide bonds. The zero-order chi connectivity index (χ0) is 16.4. The predicted octanol–water partition coefficient (Wildman–Crippen LogP) is 2.05. The molecule has 23 heavy (non-hydrogen) atoms. The summed E-state index contributed by atoms with van der Waals surface area (Å²) in [5.74, 6) is 0.191. The van der Waals surface area contributed by atoms with Crippen molar-refractivity contribution < 1.29 is 12.6 Å². The Balaban J connectivity index is 1.91. The summed E-state index contributed by atoms with van der Waals surface area (Å²) in [6, 6.07) is 11.4. The number of hydrogen-bond acceptors (Lipinski definition) is 6. The summed E-state index contributed by atoms with van der Waals surface area (Å²) in [6.07, 6.45) is 1.41. The normalized spacial score (nSPS) is 11.4. The van der Waals surface area contributed by atoms with Crippen molar-refractivity contribution in [1.82, 2.24) is 20.2 Å². The van der Waals surface area contributed by atoms with Gasteiger partial charge in [-0.2, -0.15) is 8.42 Å². The molecule has 0 spiro atoms. The molecule has 0 radical (unpaired) electrons. The van der Waals surface area contributed by atoms with Gasteiger partial charge in [0.1, 0.15) is 17.0 Å². The third-order valence-electron chi connectivity index (χ3n) is 3.40. The van der Waals surface area contributed by atoms with E-state index in [0.717, 1.165) is 11.1 Å². The average molecular weight is 330 g/mol. The molecule has 0 unspecified atom stereocenters. The molecule has 0 aliphatic heterocycles.